The highest BCUT2D eigenvalue weighted by Crippen LogP contribution is 2.31. The summed E-state index contributed by atoms with van der Waals surface area (Å²) < 4.78 is 0. The van der Waals surface area contributed by atoms with Crippen molar-refractivity contribution in [3.05, 3.63) is 76.2 Å². The zero-order valence-corrected chi connectivity index (χ0v) is 14.3. The third-order valence-electron chi connectivity index (χ3n) is 4.73. The third kappa shape index (κ3) is 3.47. The average Bonchev–Trinajstić information content (AvgIpc) is 3.45. The highest BCUT2D eigenvalue weighted by molar-refractivity contribution is 5.96. The summed E-state index contributed by atoms with van der Waals surface area (Å²) in [5.74, 6) is 0.506. The molecule has 3 aromatic rings. The van der Waals surface area contributed by atoms with Gasteiger partial charge in [0, 0.05) is 18.5 Å². The highest BCUT2D eigenvalue weighted by Gasteiger charge is 2.28. The van der Waals surface area contributed by atoms with Gasteiger partial charge in [0.1, 0.15) is 11.4 Å². The largest absolute Gasteiger partial charge is 0.508 e. The number of benzene rings is 2. The van der Waals surface area contributed by atoms with Crippen LogP contribution in [0.1, 0.15) is 28.9 Å². The molecule has 0 spiro atoms. The Kier molecular flexibility index (Phi) is 4.21. The lowest BCUT2D eigenvalue weighted by Gasteiger charge is -2.23. The normalized spacial score (nSPS) is 13.7. The Hall–Kier alpha value is -3.08. The van der Waals surface area contributed by atoms with E-state index in [9.17, 15) is 14.7 Å². The number of phenols is 1. The van der Waals surface area contributed by atoms with Crippen LogP contribution < -0.4 is 5.56 Å². The number of nitrogens with zero attached hydrogens (tertiary/aromatic N) is 1. The second-order valence-electron chi connectivity index (χ2n) is 6.90. The van der Waals surface area contributed by atoms with Crippen molar-refractivity contribution < 1.29 is 9.90 Å². The van der Waals surface area contributed by atoms with Crippen molar-refractivity contribution in [3.63, 3.8) is 0 Å². The first-order chi connectivity index (χ1) is 12.6. The van der Waals surface area contributed by atoms with E-state index in [2.05, 4.69) is 4.98 Å². The second-order valence-corrected chi connectivity index (χ2v) is 6.90. The zero-order chi connectivity index (χ0) is 18.1. The van der Waals surface area contributed by atoms with Gasteiger partial charge in [0.25, 0.3) is 11.5 Å². The van der Waals surface area contributed by atoms with Gasteiger partial charge < -0.3 is 15.0 Å². The predicted octanol–water partition coefficient (Wildman–Crippen LogP) is 3.29. The molecule has 0 atom stereocenters. The van der Waals surface area contributed by atoms with Crippen LogP contribution in [0.5, 0.6) is 5.75 Å². The molecular weight excluding hydrogens is 328 g/mol. The average molecular weight is 348 g/mol. The molecule has 0 aliphatic heterocycles. The number of hydrogen-bond acceptors (Lipinski definition) is 3. The van der Waals surface area contributed by atoms with E-state index in [0.29, 0.717) is 30.1 Å². The number of aromatic hydroxyl groups is 1. The molecule has 0 unspecified atom stereocenters. The Morgan fingerprint density at radius 2 is 1.92 bits per heavy atom. The molecule has 1 aliphatic rings. The molecule has 0 saturated heterocycles. The Balaban J connectivity index is 1.66. The number of fused-ring (bicyclic) bond motifs is 1. The monoisotopic (exact) mass is 348 g/mol. The van der Waals surface area contributed by atoms with E-state index in [1.807, 2.05) is 18.2 Å². The van der Waals surface area contributed by atoms with Crippen LogP contribution in [0.2, 0.25) is 0 Å². The smallest absolute Gasteiger partial charge is 0.270 e. The number of carbonyl (C=O) groups excluding carboxylic acids is 1. The van der Waals surface area contributed by atoms with Gasteiger partial charge in [-0.05, 0) is 54.0 Å². The van der Waals surface area contributed by atoms with E-state index < -0.39 is 0 Å². The van der Waals surface area contributed by atoms with Gasteiger partial charge in [-0.15, -0.1) is 0 Å². The van der Waals surface area contributed by atoms with Gasteiger partial charge in [0.05, 0.1) is 0 Å². The second kappa shape index (κ2) is 6.67. The summed E-state index contributed by atoms with van der Waals surface area (Å²) in [4.78, 5) is 29.9. The van der Waals surface area contributed by atoms with Crippen LogP contribution in [0.3, 0.4) is 0 Å². The van der Waals surface area contributed by atoms with Crippen molar-refractivity contribution in [3.8, 4) is 5.75 Å². The standard InChI is InChI=1S/C21H20N2O3/c24-17-6-3-4-15(10-17)13-23(12-14-8-9-14)21(26)19-11-16-5-1-2-7-18(16)20(25)22-19/h1-7,10-11,14,24H,8-9,12-13H2,(H,22,25). The van der Waals surface area contributed by atoms with E-state index in [1.54, 1.807) is 41.3 Å². The minimum absolute atomic E-state index is 0.181. The minimum atomic E-state index is -0.254. The van der Waals surface area contributed by atoms with Crippen molar-refractivity contribution in [1.82, 2.24) is 9.88 Å². The maximum absolute atomic E-state index is 13.1. The van der Waals surface area contributed by atoms with Gasteiger partial charge in [-0.25, -0.2) is 0 Å². The Labute approximate surface area is 150 Å². The molecule has 1 fully saturated rings. The lowest BCUT2D eigenvalue weighted by Crippen LogP contribution is -2.34. The lowest BCUT2D eigenvalue weighted by atomic mass is 10.1. The maximum Gasteiger partial charge on any atom is 0.270 e. The minimum Gasteiger partial charge on any atom is -0.508 e. The SMILES string of the molecule is O=C(c1cc2ccccc2c(=O)[nH]1)N(Cc1cccc(O)c1)CC1CC1. The number of pyridine rings is 1. The van der Waals surface area contributed by atoms with E-state index >= 15 is 0 Å². The van der Waals surface area contributed by atoms with Gasteiger partial charge in [-0.1, -0.05) is 30.3 Å². The molecule has 2 N–H and O–H groups in total. The fraction of sp³-hybridized carbons (Fsp3) is 0.238. The van der Waals surface area contributed by atoms with Gasteiger partial charge in [-0.3, -0.25) is 9.59 Å². The third-order valence-corrected chi connectivity index (χ3v) is 4.73. The van der Waals surface area contributed by atoms with Gasteiger partial charge in [-0.2, -0.15) is 0 Å². The maximum atomic E-state index is 13.1. The van der Waals surface area contributed by atoms with E-state index in [4.69, 9.17) is 0 Å². The summed E-state index contributed by atoms with van der Waals surface area (Å²) in [6.45, 7) is 1.06. The molecule has 1 heterocycles. The van der Waals surface area contributed by atoms with Crippen molar-refractivity contribution in [2.75, 3.05) is 6.54 Å². The zero-order valence-electron chi connectivity index (χ0n) is 14.3. The molecule has 5 heteroatoms. The molecule has 1 aromatic heterocycles. The fourth-order valence-electron chi connectivity index (χ4n) is 3.20. The summed E-state index contributed by atoms with van der Waals surface area (Å²) in [6, 6.07) is 15.9. The van der Waals surface area contributed by atoms with Crippen LogP contribution >= 0.6 is 0 Å². The Bertz CT molecular complexity index is 1020. The summed E-state index contributed by atoms with van der Waals surface area (Å²) in [5.41, 5.74) is 0.909. The first-order valence-electron chi connectivity index (χ1n) is 8.79. The van der Waals surface area contributed by atoms with Crippen LogP contribution in [-0.2, 0) is 6.54 Å². The van der Waals surface area contributed by atoms with E-state index in [1.165, 1.54) is 0 Å². The van der Waals surface area contributed by atoms with Crippen molar-refractivity contribution in [1.29, 1.82) is 0 Å². The number of aromatic amines is 1. The number of aromatic nitrogens is 1. The van der Waals surface area contributed by atoms with Crippen molar-refractivity contribution >= 4 is 16.7 Å². The van der Waals surface area contributed by atoms with Gasteiger partial charge >= 0.3 is 0 Å². The highest BCUT2D eigenvalue weighted by atomic mass is 16.3. The van der Waals surface area contributed by atoms with Crippen LogP contribution in [0, 0.1) is 5.92 Å². The van der Waals surface area contributed by atoms with Crippen molar-refractivity contribution in [2.24, 2.45) is 5.92 Å². The lowest BCUT2D eigenvalue weighted by molar-refractivity contribution is 0.0728. The molecule has 1 saturated carbocycles. The first-order valence-corrected chi connectivity index (χ1v) is 8.79. The number of rotatable bonds is 5. The molecule has 4 rings (SSSR count). The van der Waals surface area contributed by atoms with Gasteiger partial charge in [0.15, 0.2) is 0 Å². The summed E-state index contributed by atoms with van der Waals surface area (Å²) in [7, 11) is 0. The van der Waals surface area contributed by atoms with E-state index in [-0.39, 0.29) is 17.2 Å². The number of phenolic OH excluding ortho intramolecular Hbond substituents is 1. The summed E-state index contributed by atoms with van der Waals surface area (Å²) in [5, 5.41) is 11.0. The molecule has 5 nitrogen and oxygen atoms in total. The molecule has 1 amide bonds. The predicted molar refractivity (Wildman–Crippen MR) is 100 cm³/mol. The van der Waals surface area contributed by atoms with Crippen molar-refractivity contribution in [2.45, 2.75) is 19.4 Å². The molecule has 26 heavy (non-hydrogen) atoms. The quantitative estimate of drug-likeness (QED) is 0.743. The first kappa shape index (κ1) is 16.4. The summed E-state index contributed by atoms with van der Waals surface area (Å²) in [6.07, 6.45) is 2.25. The fourth-order valence-corrected chi connectivity index (χ4v) is 3.20. The van der Waals surface area contributed by atoms with Crippen LogP contribution in [0.4, 0.5) is 0 Å². The van der Waals surface area contributed by atoms with Gasteiger partial charge in [0.2, 0.25) is 0 Å². The molecular formula is C21H20N2O3. The Morgan fingerprint density at radius 3 is 2.69 bits per heavy atom. The Morgan fingerprint density at radius 1 is 1.12 bits per heavy atom. The van der Waals surface area contributed by atoms with E-state index in [0.717, 1.165) is 23.8 Å². The molecule has 2 aromatic carbocycles. The number of amides is 1. The molecule has 0 bridgehead atoms. The number of H-pyrrole nitrogens is 1. The number of nitrogens with one attached hydrogen (secondary N) is 1. The van der Waals surface area contributed by atoms with Crippen LogP contribution in [0.15, 0.2) is 59.4 Å². The number of carbonyl (C=O) groups is 1. The number of hydrogen-bond donors (Lipinski definition) is 2. The molecule has 132 valence electrons. The summed E-state index contributed by atoms with van der Waals surface area (Å²) >= 11 is 0. The molecule has 1 aliphatic carbocycles. The topological polar surface area (TPSA) is 73.4 Å². The van der Waals surface area contributed by atoms with Crippen LogP contribution in [-0.4, -0.2) is 27.4 Å². The van der Waals surface area contributed by atoms with Crippen LogP contribution in [0.25, 0.3) is 10.8 Å². The molecule has 0 radical (unpaired) electrons.